The van der Waals surface area contributed by atoms with Crippen molar-refractivity contribution in [1.29, 1.82) is 0 Å². The largest absolute Gasteiger partial charge is 0.296 e. The van der Waals surface area contributed by atoms with E-state index in [4.69, 9.17) is 17.3 Å². The van der Waals surface area contributed by atoms with E-state index >= 15 is 0 Å². The molecule has 1 fully saturated rings. The molecule has 10 heteroatoms. The predicted octanol–water partition coefficient (Wildman–Crippen LogP) is 7.64. The van der Waals surface area contributed by atoms with Crippen LogP contribution < -0.4 is 10.5 Å². The van der Waals surface area contributed by atoms with Crippen molar-refractivity contribution >= 4 is 57.7 Å². The van der Waals surface area contributed by atoms with Crippen LogP contribution in [0.1, 0.15) is 31.0 Å². The summed E-state index contributed by atoms with van der Waals surface area (Å²) in [4.78, 5) is 30.7. The van der Waals surface area contributed by atoms with Crippen molar-refractivity contribution in [3.63, 3.8) is 0 Å². The Morgan fingerprint density at radius 3 is 2.25 bits per heavy atom. The maximum absolute atomic E-state index is 13.9. The third-order valence-corrected chi connectivity index (χ3v) is 9.89. The second kappa shape index (κ2) is 12.9. The Bertz CT molecular complexity index is 1920. The van der Waals surface area contributed by atoms with Gasteiger partial charge in [0.05, 0.1) is 27.7 Å². The molecule has 3 aromatic carbocycles. The van der Waals surface area contributed by atoms with Gasteiger partial charge in [0.2, 0.25) is 0 Å². The van der Waals surface area contributed by atoms with Crippen molar-refractivity contribution in [2.45, 2.75) is 31.6 Å². The average Bonchev–Trinajstić information content (AvgIpc) is 3.65. The fourth-order valence-electron chi connectivity index (χ4n) is 5.09. The molecule has 1 aliphatic heterocycles. The van der Waals surface area contributed by atoms with Crippen molar-refractivity contribution in [3.8, 4) is 22.6 Å². The normalized spacial score (nSPS) is 14.2. The summed E-state index contributed by atoms with van der Waals surface area (Å²) in [6, 6.07) is 27.6. The zero-order valence-corrected chi connectivity index (χ0v) is 27.1. The summed E-state index contributed by atoms with van der Waals surface area (Å²) < 4.78 is 5.45. The number of hydrogen-bond donors (Lipinski definition) is 0. The molecule has 222 valence electrons. The zero-order chi connectivity index (χ0) is 30.8. The van der Waals surface area contributed by atoms with Gasteiger partial charge in [0, 0.05) is 29.3 Å². The van der Waals surface area contributed by atoms with E-state index in [2.05, 4.69) is 31.2 Å². The molecule has 0 aliphatic carbocycles. The van der Waals surface area contributed by atoms with Gasteiger partial charge in [-0.15, -0.1) is 11.8 Å². The second-order valence-electron chi connectivity index (χ2n) is 10.4. The van der Waals surface area contributed by atoms with E-state index in [1.165, 1.54) is 34.4 Å². The van der Waals surface area contributed by atoms with E-state index < -0.39 is 0 Å². The van der Waals surface area contributed by atoms with Crippen LogP contribution >= 0.6 is 35.7 Å². The van der Waals surface area contributed by atoms with Gasteiger partial charge in [-0.1, -0.05) is 85.9 Å². The Kier molecular flexibility index (Phi) is 8.74. The highest BCUT2D eigenvalue weighted by Crippen LogP contribution is 2.38. The molecule has 2 aromatic heterocycles. The molecule has 7 nitrogen and oxygen atoms in total. The maximum Gasteiger partial charge on any atom is 0.296 e. The lowest BCUT2D eigenvalue weighted by Gasteiger charge is -2.12. The number of rotatable bonds is 9. The van der Waals surface area contributed by atoms with Crippen molar-refractivity contribution in [3.05, 3.63) is 118 Å². The number of thiocarbonyl (C=S) groups is 1. The zero-order valence-electron chi connectivity index (χ0n) is 24.6. The Morgan fingerprint density at radius 1 is 0.932 bits per heavy atom. The predicted molar refractivity (Wildman–Crippen MR) is 186 cm³/mol. The molecule has 0 spiro atoms. The van der Waals surface area contributed by atoms with Crippen molar-refractivity contribution in [2.24, 2.45) is 7.05 Å². The fourth-order valence-corrected chi connectivity index (χ4v) is 7.35. The quantitative estimate of drug-likeness (QED) is 0.0717. The van der Waals surface area contributed by atoms with Crippen LogP contribution in [-0.4, -0.2) is 35.1 Å². The number of carbonyl (C=O) groups excluding carboxylic acids is 1. The molecule has 3 heterocycles. The molecular weight excluding hydrogens is 607 g/mol. The van der Waals surface area contributed by atoms with Crippen LogP contribution in [0.2, 0.25) is 0 Å². The number of amides is 1. The molecular formula is C34H31N5O2S3. The molecule has 44 heavy (non-hydrogen) atoms. The minimum Gasteiger partial charge on any atom is -0.283 e. The molecule has 1 saturated heterocycles. The van der Waals surface area contributed by atoms with Crippen LogP contribution in [0, 0.1) is 6.92 Å². The standard InChI is InChI=1S/C34H31N5O2S3/c1-4-5-20-43-28-18-16-24(17-19-28)30-25(22-37(35-30)26-12-8-6-9-13-26)21-29-32(40)38(34(42)44-29)31-23(2)36(3)39(33(31)41)27-14-10-7-11-15-27/h6-19,21-22H,4-5,20H2,1-3H3. The molecule has 0 saturated carbocycles. The first-order valence-electron chi connectivity index (χ1n) is 14.4. The van der Waals surface area contributed by atoms with E-state index in [0.717, 1.165) is 28.3 Å². The van der Waals surface area contributed by atoms with Crippen LogP contribution in [0.25, 0.3) is 28.7 Å². The molecule has 0 bridgehead atoms. The number of thioether (sulfide) groups is 2. The smallest absolute Gasteiger partial charge is 0.283 e. The lowest BCUT2D eigenvalue weighted by atomic mass is 10.1. The van der Waals surface area contributed by atoms with E-state index in [1.807, 2.05) is 96.3 Å². The number of unbranched alkanes of at least 4 members (excludes halogenated alkanes) is 1. The van der Waals surface area contributed by atoms with E-state index in [9.17, 15) is 9.59 Å². The monoisotopic (exact) mass is 637 g/mol. The summed E-state index contributed by atoms with van der Waals surface area (Å²) >= 11 is 8.74. The Labute approximate surface area is 270 Å². The topological polar surface area (TPSA) is 65.1 Å². The van der Waals surface area contributed by atoms with Crippen LogP contribution in [0.3, 0.4) is 0 Å². The third-order valence-electron chi connectivity index (χ3n) is 7.49. The van der Waals surface area contributed by atoms with Gasteiger partial charge in [-0.3, -0.25) is 19.2 Å². The number of nitrogens with zero attached hydrogens (tertiary/aromatic N) is 5. The summed E-state index contributed by atoms with van der Waals surface area (Å²) in [6.07, 6.45) is 6.11. The SMILES string of the molecule is CCCCSc1ccc(-c2nn(-c3ccccc3)cc2C=C2SC(=S)N(c3c(C)n(C)n(-c4ccccc4)c3=O)C2=O)cc1. The molecule has 5 aromatic rings. The number of carbonyl (C=O) groups is 1. The summed E-state index contributed by atoms with van der Waals surface area (Å²) in [5, 5.41) is 4.94. The highest BCUT2D eigenvalue weighted by molar-refractivity contribution is 8.27. The van der Waals surface area contributed by atoms with Crippen LogP contribution in [0.4, 0.5) is 5.69 Å². The minimum atomic E-state index is -0.327. The van der Waals surface area contributed by atoms with E-state index in [-0.39, 0.29) is 17.2 Å². The molecule has 6 rings (SSSR count). The summed E-state index contributed by atoms with van der Waals surface area (Å²) in [7, 11) is 1.80. The van der Waals surface area contributed by atoms with Gasteiger partial charge in [-0.05, 0) is 61.6 Å². The summed E-state index contributed by atoms with van der Waals surface area (Å²) in [5.74, 6) is 0.759. The van der Waals surface area contributed by atoms with Gasteiger partial charge in [-0.25, -0.2) is 9.36 Å². The number of para-hydroxylation sites is 2. The van der Waals surface area contributed by atoms with Crippen LogP contribution in [0.5, 0.6) is 0 Å². The van der Waals surface area contributed by atoms with Crippen LogP contribution in [-0.2, 0) is 11.8 Å². The Balaban J connectivity index is 1.38. The first kappa shape index (κ1) is 29.9. The first-order valence-corrected chi connectivity index (χ1v) is 16.6. The molecule has 1 aliphatic rings. The number of benzene rings is 3. The molecule has 0 N–H and O–H groups in total. The molecule has 1 amide bonds. The number of aromatic nitrogens is 4. The maximum atomic E-state index is 13.9. The van der Waals surface area contributed by atoms with E-state index in [1.54, 1.807) is 16.4 Å². The third kappa shape index (κ3) is 5.72. The van der Waals surface area contributed by atoms with Crippen molar-refractivity contribution < 1.29 is 4.79 Å². The Morgan fingerprint density at radius 2 is 1.59 bits per heavy atom. The van der Waals surface area contributed by atoms with Gasteiger partial charge in [-0.2, -0.15) is 5.10 Å². The molecule has 0 radical (unpaired) electrons. The van der Waals surface area contributed by atoms with E-state index in [0.29, 0.717) is 20.6 Å². The summed E-state index contributed by atoms with van der Waals surface area (Å²) in [6.45, 7) is 4.02. The highest BCUT2D eigenvalue weighted by Gasteiger charge is 2.38. The van der Waals surface area contributed by atoms with Gasteiger partial charge in [0.1, 0.15) is 5.69 Å². The average molecular weight is 638 g/mol. The summed E-state index contributed by atoms with van der Waals surface area (Å²) in [5.41, 5.74) is 4.72. The fraction of sp³-hybridized carbons (Fsp3) is 0.176. The van der Waals surface area contributed by atoms with Gasteiger partial charge < -0.3 is 0 Å². The lowest BCUT2D eigenvalue weighted by molar-refractivity contribution is -0.113. The number of hydrogen-bond acceptors (Lipinski definition) is 6. The molecule has 0 atom stereocenters. The minimum absolute atomic E-state index is 0.263. The van der Waals surface area contributed by atoms with Crippen molar-refractivity contribution in [1.82, 2.24) is 19.1 Å². The van der Waals surface area contributed by atoms with Gasteiger partial charge >= 0.3 is 0 Å². The highest BCUT2D eigenvalue weighted by atomic mass is 32.2. The van der Waals surface area contributed by atoms with Crippen molar-refractivity contribution in [2.75, 3.05) is 10.7 Å². The molecule has 0 unspecified atom stereocenters. The lowest BCUT2D eigenvalue weighted by Crippen LogP contribution is -2.33. The Hall–Kier alpha value is -4.12. The first-order chi connectivity index (χ1) is 21.4. The second-order valence-corrected chi connectivity index (χ2v) is 13.2. The number of anilines is 1. The van der Waals surface area contributed by atoms with Gasteiger partial charge in [0.25, 0.3) is 11.5 Å². The van der Waals surface area contributed by atoms with Gasteiger partial charge in [0.15, 0.2) is 4.32 Å². The van der Waals surface area contributed by atoms with Crippen LogP contribution in [0.15, 0.2) is 106 Å².